The van der Waals surface area contributed by atoms with Crippen molar-refractivity contribution in [1.82, 2.24) is 15.2 Å². The molecule has 0 saturated carbocycles. The Bertz CT molecular complexity index is 3030. The molecule has 7 unspecified atom stereocenters. The number of fused-ring (bicyclic) bond motifs is 9. The van der Waals surface area contributed by atoms with Gasteiger partial charge in [-0.15, -0.1) is 0 Å². The molecule has 0 spiro atoms. The molecular formula is C59H54N5+. The van der Waals surface area contributed by atoms with Crippen LogP contribution >= 0.6 is 0 Å². The fraction of sp³-hybridized carbons (Fsp3) is 0.237. The average Bonchev–Trinajstić information content (AvgIpc) is 3.88. The first-order chi connectivity index (χ1) is 31.7. The first-order valence-corrected chi connectivity index (χ1v) is 23.7. The van der Waals surface area contributed by atoms with Gasteiger partial charge in [0.2, 0.25) is 0 Å². The molecule has 13 rings (SSSR count). The zero-order valence-corrected chi connectivity index (χ0v) is 36.2. The summed E-state index contributed by atoms with van der Waals surface area (Å²) >= 11 is 0. The van der Waals surface area contributed by atoms with Crippen molar-refractivity contribution in [3.63, 3.8) is 0 Å². The van der Waals surface area contributed by atoms with Gasteiger partial charge in [-0.25, -0.2) is 5.32 Å². The van der Waals surface area contributed by atoms with Crippen LogP contribution in [-0.2, 0) is 19.3 Å². The van der Waals surface area contributed by atoms with Crippen molar-refractivity contribution in [2.45, 2.75) is 81.3 Å². The van der Waals surface area contributed by atoms with Crippen molar-refractivity contribution in [3.8, 4) is 11.1 Å². The van der Waals surface area contributed by atoms with Crippen molar-refractivity contribution < 1.29 is 4.99 Å². The maximum absolute atomic E-state index is 3.97. The lowest BCUT2D eigenvalue weighted by atomic mass is 9.83. The number of rotatable bonds is 6. The molecule has 7 aliphatic rings. The van der Waals surface area contributed by atoms with Gasteiger partial charge in [-0.3, -0.25) is 10.3 Å². The summed E-state index contributed by atoms with van der Waals surface area (Å²) in [6, 6.07) is 45.7. The second-order valence-corrected chi connectivity index (χ2v) is 18.9. The lowest BCUT2D eigenvalue weighted by molar-refractivity contribution is -0.527. The molecule has 7 atom stereocenters. The summed E-state index contributed by atoms with van der Waals surface area (Å²) in [6.07, 6.45) is 31.8. The molecule has 3 heterocycles. The Morgan fingerprint density at radius 3 is 2.39 bits per heavy atom. The predicted octanol–water partition coefficient (Wildman–Crippen LogP) is 10.5. The molecule has 64 heavy (non-hydrogen) atoms. The van der Waals surface area contributed by atoms with Crippen LogP contribution in [0.5, 0.6) is 0 Å². The molecule has 1 aromatic heterocycles. The van der Waals surface area contributed by atoms with E-state index in [4.69, 9.17) is 0 Å². The third-order valence-electron chi connectivity index (χ3n) is 15.3. The average molecular weight is 833 g/mol. The van der Waals surface area contributed by atoms with Crippen LogP contribution in [0.3, 0.4) is 0 Å². The molecule has 3 N–H and O–H groups in total. The van der Waals surface area contributed by atoms with Crippen molar-refractivity contribution in [3.05, 3.63) is 221 Å². The monoisotopic (exact) mass is 832 g/mol. The van der Waals surface area contributed by atoms with E-state index in [2.05, 4.69) is 207 Å². The summed E-state index contributed by atoms with van der Waals surface area (Å²) in [5, 5.41) is 10.6. The van der Waals surface area contributed by atoms with Crippen LogP contribution in [0.15, 0.2) is 182 Å². The van der Waals surface area contributed by atoms with Crippen LogP contribution in [0, 0.1) is 5.92 Å². The normalized spacial score (nSPS) is 26.2. The second kappa shape index (κ2) is 15.5. The number of hydrogen-bond acceptors (Lipinski definition) is 3. The Hall–Kier alpha value is -6.69. The zero-order valence-electron chi connectivity index (χ0n) is 36.2. The van der Waals surface area contributed by atoms with Crippen LogP contribution < -0.4 is 20.5 Å². The van der Waals surface area contributed by atoms with Gasteiger partial charge < -0.3 is 9.47 Å². The molecule has 5 nitrogen and oxygen atoms in total. The topological polar surface area (TPSA) is 46.2 Å². The molecule has 314 valence electrons. The highest BCUT2D eigenvalue weighted by Gasteiger charge is 2.45. The number of allylic oxidation sites excluding steroid dienone is 5. The maximum Gasteiger partial charge on any atom is 0.277 e. The minimum atomic E-state index is -0.0204. The fourth-order valence-electron chi connectivity index (χ4n) is 12.4. The number of nitrogens with zero attached hydrogens (tertiary/aromatic N) is 2. The molecular weight excluding hydrogens is 779 g/mol. The molecule has 6 aromatic rings. The summed E-state index contributed by atoms with van der Waals surface area (Å²) in [4.78, 5) is 6.73. The number of anilines is 1. The van der Waals surface area contributed by atoms with Crippen LogP contribution in [0.25, 0.3) is 33.5 Å². The van der Waals surface area contributed by atoms with Gasteiger partial charge in [0.05, 0.1) is 17.7 Å². The lowest BCUT2D eigenvalue weighted by Crippen LogP contribution is -2.87. The Balaban J connectivity index is 0.832. The highest BCUT2D eigenvalue weighted by atomic mass is 15.3. The fourth-order valence-corrected chi connectivity index (χ4v) is 12.4. The summed E-state index contributed by atoms with van der Waals surface area (Å²) in [5.74, 6) is 1.73. The maximum atomic E-state index is 3.97. The van der Waals surface area contributed by atoms with E-state index in [1.54, 1.807) is 11.3 Å². The first-order valence-electron chi connectivity index (χ1n) is 23.7. The Morgan fingerprint density at radius 2 is 1.53 bits per heavy atom. The molecule has 0 saturated heterocycles. The highest BCUT2D eigenvalue weighted by Crippen LogP contribution is 2.52. The van der Waals surface area contributed by atoms with Crippen molar-refractivity contribution >= 4 is 33.9 Å². The van der Waals surface area contributed by atoms with E-state index in [9.17, 15) is 0 Å². The molecule has 5 aliphatic carbocycles. The molecule has 0 radical (unpaired) electrons. The van der Waals surface area contributed by atoms with Gasteiger partial charge in [-0.1, -0.05) is 158 Å². The van der Waals surface area contributed by atoms with Crippen molar-refractivity contribution in [2.24, 2.45) is 5.92 Å². The molecule has 5 heteroatoms. The van der Waals surface area contributed by atoms with Crippen LogP contribution in [0.1, 0.15) is 83.0 Å². The van der Waals surface area contributed by atoms with E-state index in [-0.39, 0.29) is 24.3 Å². The lowest BCUT2D eigenvalue weighted by Gasteiger charge is -2.40. The number of aryl methyl sites for hydroxylation is 1. The number of hydrogen-bond donors (Lipinski definition) is 3. The summed E-state index contributed by atoms with van der Waals surface area (Å²) in [6.45, 7) is 0. The molecule has 0 bridgehead atoms. The largest absolute Gasteiger partial charge is 0.360 e. The second-order valence-electron chi connectivity index (χ2n) is 18.9. The van der Waals surface area contributed by atoms with Gasteiger partial charge in [0.15, 0.2) is 12.3 Å². The Kier molecular flexibility index (Phi) is 9.18. The number of nitrogens with one attached hydrogen (secondary N) is 3. The number of amidine groups is 1. The van der Waals surface area contributed by atoms with E-state index in [0.29, 0.717) is 18.0 Å². The van der Waals surface area contributed by atoms with Crippen molar-refractivity contribution in [2.75, 3.05) is 4.90 Å². The molecule has 0 fully saturated rings. The van der Waals surface area contributed by atoms with E-state index in [0.717, 1.165) is 50.8 Å². The van der Waals surface area contributed by atoms with Crippen molar-refractivity contribution in [1.29, 1.82) is 0 Å². The number of benzene rings is 5. The summed E-state index contributed by atoms with van der Waals surface area (Å²) in [7, 11) is 0. The third-order valence-corrected chi connectivity index (χ3v) is 15.3. The van der Waals surface area contributed by atoms with E-state index in [1.165, 1.54) is 66.7 Å². The Morgan fingerprint density at radius 1 is 0.719 bits per heavy atom. The van der Waals surface area contributed by atoms with Gasteiger partial charge in [0.1, 0.15) is 0 Å². The predicted molar refractivity (Wildman–Crippen MR) is 263 cm³/mol. The standard InChI is InChI=1S/C59H53N5/c1-3-14-38(15-4-1)42-21-13-22-45(34-42)59-61-57(40-17-5-2-6-18-40)60-58(62-59)41-26-29-46(30-27-41)63-54-36-44-20-8-7-19-43(44)35-51(54)49-32-31-47(37-55(49)63)64-52-25-12-11-24-50(52)56-48-23-10-9-16-39(48)28-33-53(56)64/h1-10,12-23,25-27,29,31-32,35-36,45-47,49,55,57,59,61H,11,24,28,30,33-34,37H2,(H,60,62)/p+1. The number of aromatic nitrogens is 1. The minimum Gasteiger partial charge on any atom is -0.360 e. The first kappa shape index (κ1) is 37.8. The van der Waals surface area contributed by atoms with Gasteiger partial charge in [-0.2, -0.15) is 0 Å². The van der Waals surface area contributed by atoms with Crippen LogP contribution in [0.2, 0.25) is 0 Å². The van der Waals surface area contributed by atoms with Gasteiger partial charge in [-0.05, 0) is 113 Å². The molecule has 5 aromatic carbocycles. The van der Waals surface area contributed by atoms with Gasteiger partial charge >= 0.3 is 0 Å². The van der Waals surface area contributed by atoms with E-state index in [1.807, 2.05) is 0 Å². The summed E-state index contributed by atoms with van der Waals surface area (Å²) in [5.41, 5.74) is 17.1. The van der Waals surface area contributed by atoms with E-state index >= 15 is 0 Å². The highest BCUT2D eigenvalue weighted by molar-refractivity contribution is 5.97. The smallest absolute Gasteiger partial charge is 0.277 e. The zero-order chi connectivity index (χ0) is 42.1. The third kappa shape index (κ3) is 6.35. The van der Waals surface area contributed by atoms with Crippen LogP contribution in [-0.4, -0.2) is 28.7 Å². The van der Waals surface area contributed by atoms with Gasteiger partial charge in [0, 0.05) is 46.1 Å². The van der Waals surface area contributed by atoms with Gasteiger partial charge in [0.25, 0.3) is 5.84 Å². The summed E-state index contributed by atoms with van der Waals surface area (Å²) < 4.78 is 2.78. The SMILES string of the molecule is C1=CC(C2NC(C3=CCC(N4c5cc6ccccc6cc5C5C=CC(n6c7c(c8c6CCc6ccccc6-8)CCC=C7)CC54)C=C3)=[NH+]C(c3ccccc3)N2)CC(c2ccccc2)=C1. The quantitative estimate of drug-likeness (QED) is 0.147. The minimum absolute atomic E-state index is 0.0204. The molecule has 0 amide bonds. The van der Waals surface area contributed by atoms with Crippen LogP contribution in [0.4, 0.5) is 5.69 Å². The molecule has 2 aliphatic heterocycles. The Labute approximate surface area is 376 Å². The van der Waals surface area contributed by atoms with E-state index < -0.39 is 0 Å².